The molecule has 0 saturated carbocycles. The van der Waals surface area contributed by atoms with Gasteiger partial charge in [0.15, 0.2) is 11.0 Å². The van der Waals surface area contributed by atoms with E-state index in [0.717, 1.165) is 11.8 Å². The minimum absolute atomic E-state index is 0.0262. The number of benzene rings is 2. The highest BCUT2D eigenvalue weighted by Gasteiger charge is 2.19. The van der Waals surface area contributed by atoms with Crippen molar-refractivity contribution in [3.05, 3.63) is 59.7 Å². The molecule has 1 aromatic heterocycles. The Morgan fingerprint density at radius 1 is 1.09 bits per heavy atom. The largest absolute Gasteiger partial charge is 0.497 e. The topological polar surface area (TPSA) is 105 Å². The van der Waals surface area contributed by atoms with Gasteiger partial charge >= 0.3 is 5.97 Å². The fourth-order valence-corrected chi connectivity index (χ4v) is 3.69. The van der Waals surface area contributed by atoms with E-state index >= 15 is 0 Å². The molecule has 1 N–H and O–H groups in total. The van der Waals surface area contributed by atoms with Gasteiger partial charge in [0, 0.05) is 11.8 Å². The number of nitrogens with zero attached hydrogens (tertiary/aromatic N) is 3. The summed E-state index contributed by atoms with van der Waals surface area (Å²) in [4.78, 5) is 24.5. The molecule has 0 atom stereocenters. The predicted octanol–water partition coefficient (Wildman–Crippen LogP) is 3.01. The van der Waals surface area contributed by atoms with Crippen molar-refractivity contribution in [1.29, 1.82) is 0 Å². The Bertz CT molecular complexity index is 1120. The summed E-state index contributed by atoms with van der Waals surface area (Å²) in [6.07, 6.45) is 0. The number of halogens is 1. The van der Waals surface area contributed by atoms with E-state index in [9.17, 15) is 14.0 Å². The van der Waals surface area contributed by atoms with Gasteiger partial charge in [-0.2, -0.15) is 0 Å². The molecule has 0 bridgehead atoms. The van der Waals surface area contributed by atoms with Gasteiger partial charge in [0.2, 0.25) is 0 Å². The highest BCUT2D eigenvalue weighted by Crippen LogP contribution is 2.25. The number of methoxy groups -OCH3 is 2. The van der Waals surface area contributed by atoms with Crippen molar-refractivity contribution in [2.75, 3.05) is 26.6 Å². The molecular formula is C22H23FN4O5S. The molecule has 3 rings (SSSR count). The zero-order chi connectivity index (χ0) is 23.8. The lowest BCUT2D eigenvalue weighted by Gasteiger charge is -2.12. The summed E-state index contributed by atoms with van der Waals surface area (Å²) in [7, 11) is 2.98. The van der Waals surface area contributed by atoms with Gasteiger partial charge in [0.1, 0.15) is 17.3 Å². The van der Waals surface area contributed by atoms with Crippen LogP contribution in [0.1, 0.15) is 23.1 Å². The van der Waals surface area contributed by atoms with Gasteiger partial charge in [0.25, 0.3) is 5.91 Å². The Balaban J connectivity index is 1.83. The molecular weight excluding hydrogens is 451 g/mol. The second-order valence-electron chi connectivity index (χ2n) is 6.55. The van der Waals surface area contributed by atoms with Gasteiger partial charge in [-0.25, -0.2) is 4.39 Å². The molecule has 0 spiro atoms. The van der Waals surface area contributed by atoms with Crippen molar-refractivity contribution in [2.24, 2.45) is 0 Å². The number of amides is 1. The molecule has 1 heterocycles. The molecule has 0 aliphatic rings. The number of aromatic nitrogens is 3. The van der Waals surface area contributed by atoms with Crippen LogP contribution in [-0.4, -0.2) is 53.2 Å². The van der Waals surface area contributed by atoms with Crippen LogP contribution in [0.4, 0.5) is 4.39 Å². The maximum atomic E-state index is 13.5. The zero-order valence-corrected chi connectivity index (χ0v) is 19.1. The first-order valence-corrected chi connectivity index (χ1v) is 10.9. The van der Waals surface area contributed by atoms with Gasteiger partial charge < -0.3 is 19.5 Å². The number of carbonyl (C=O) groups is 2. The van der Waals surface area contributed by atoms with E-state index in [0.29, 0.717) is 33.7 Å². The summed E-state index contributed by atoms with van der Waals surface area (Å²) in [5.41, 5.74) is 0.905. The van der Waals surface area contributed by atoms with Gasteiger partial charge in [-0.15, -0.1) is 10.2 Å². The Morgan fingerprint density at radius 3 is 2.52 bits per heavy atom. The maximum absolute atomic E-state index is 13.5. The molecule has 0 aliphatic heterocycles. The minimum Gasteiger partial charge on any atom is -0.497 e. The molecule has 0 fully saturated rings. The Morgan fingerprint density at radius 2 is 1.85 bits per heavy atom. The van der Waals surface area contributed by atoms with Crippen LogP contribution in [0.5, 0.6) is 11.5 Å². The summed E-state index contributed by atoms with van der Waals surface area (Å²) in [6, 6.07) is 10.6. The average molecular weight is 475 g/mol. The van der Waals surface area contributed by atoms with E-state index in [2.05, 4.69) is 15.5 Å². The Kier molecular flexibility index (Phi) is 8.25. The van der Waals surface area contributed by atoms with Crippen LogP contribution in [0.3, 0.4) is 0 Å². The molecule has 1 amide bonds. The second-order valence-corrected chi connectivity index (χ2v) is 7.50. The number of rotatable bonds is 10. The Labute approximate surface area is 194 Å². The van der Waals surface area contributed by atoms with Crippen LogP contribution in [0.2, 0.25) is 0 Å². The van der Waals surface area contributed by atoms with E-state index in [-0.39, 0.29) is 24.8 Å². The number of hydrogen-bond donors (Lipinski definition) is 1. The Hall–Kier alpha value is -3.60. The lowest BCUT2D eigenvalue weighted by molar-refractivity contribution is -0.139. The normalized spacial score (nSPS) is 10.5. The van der Waals surface area contributed by atoms with Crippen molar-refractivity contribution >= 4 is 23.6 Å². The van der Waals surface area contributed by atoms with Crippen LogP contribution in [0, 0.1) is 5.82 Å². The van der Waals surface area contributed by atoms with E-state index in [1.165, 1.54) is 26.4 Å². The number of nitrogens with one attached hydrogen (secondary N) is 1. The molecule has 11 heteroatoms. The lowest BCUT2D eigenvalue weighted by atomic mass is 10.1. The van der Waals surface area contributed by atoms with Crippen LogP contribution in [-0.2, 0) is 16.1 Å². The maximum Gasteiger partial charge on any atom is 0.316 e. The van der Waals surface area contributed by atoms with Crippen LogP contribution in [0.25, 0.3) is 5.69 Å². The zero-order valence-electron chi connectivity index (χ0n) is 18.3. The third kappa shape index (κ3) is 6.01. The first-order valence-electron chi connectivity index (χ1n) is 9.95. The average Bonchev–Trinajstić information content (AvgIpc) is 3.24. The smallest absolute Gasteiger partial charge is 0.316 e. The van der Waals surface area contributed by atoms with Gasteiger partial charge in [0.05, 0.1) is 38.7 Å². The van der Waals surface area contributed by atoms with Crippen molar-refractivity contribution in [2.45, 2.75) is 18.6 Å². The molecule has 2 aromatic carbocycles. The lowest BCUT2D eigenvalue weighted by Crippen LogP contribution is -2.25. The fraction of sp³-hybridized carbons (Fsp3) is 0.273. The molecule has 0 aliphatic carbocycles. The SMILES string of the molecule is CCOC(=O)CSc1nnc(CNC(=O)c2ccc(OC)cc2OC)n1-c1ccc(F)cc1. The van der Waals surface area contributed by atoms with Crippen molar-refractivity contribution in [1.82, 2.24) is 20.1 Å². The first kappa shape index (κ1) is 24.1. The summed E-state index contributed by atoms with van der Waals surface area (Å²) in [6.45, 7) is 2.02. The number of hydrogen-bond acceptors (Lipinski definition) is 8. The van der Waals surface area contributed by atoms with E-state index in [4.69, 9.17) is 14.2 Å². The summed E-state index contributed by atoms with van der Waals surface area (Å²) in [5, 5.41) is 11.5. The number of carbonyl (C=O) groups excluding carboxylic acids is 2. The first-order chi connectivity index (χ1) is 16.0. The van der Waals surface area contributed by atoms with Crippen LogP contribution >= 0.6 is 11.8 Å². The van der Waals surface area contributed by atoms with Gasteiger partial charge in [-0.3, -0.25) is 14.2 Å². The molecule has 0 radical (unpaired) electrons. The minimum atomic E-state index is -0.394. The van der Waals surface area contributed by atoms with Crippen molar-refractivity contribution in [3.63, 3.8) is 0 Å². The van der Waals surface area contributed by atoms with Crippen molar-refractivity contribution < 1.29 is 28.2 Å². The predicted molar refractivity (Wildman–Crippen MR) is 119 cm³/mol. The summed E-state index contributed by atoms with van der Waals surface area (Å²) < 4.78 is 30.5. The van der Waals surface area contributed by atoms with Gasteiger partial charge in [-0.1, -0.05) is 11.8 Å². The molecule has 9 nitrogen and oxygen atoms in total. The number of esters is 1. The summed E-state index contributed by atoms with van der Waals surface area (Å²) >= 11 is 1.13. The molecule has 174 valence electrons. The summed E-state index contributed by atoms with van der Waals surface area (Å²) in [5.74, 6) is 0.173. The van der Waals surface area contributed by atoms with Crippen LogP contribution < -0.4 is 14.8 Å². The van der Waals surface area contributed by atoms with Crippen LogP contribution in [0.15, 0.2) is 47.6 Å². The highest BCUT2D eigenvalue weighted by molar-refractivity contribution is 7.99. The third-order valence-corrected chi connectivity index (χ3v) is 5.37. The van der Waals surface area contributed by atoms with E-state index in [1.54, 1.807) is 41.8 Å². The third-order valence-electron chi connectivity index (χ3n) is 4.47. The molecule has 0 unspecified atom stereocenters. The standard InChI is InChI=1S/C22H23FN4O5S/c1-4-32-20(28)13-33-22-26-25-19(27(22)15-7-5-14(23)6-8-15)12-24-21(29)17-10-9-16(30-2)11-18(17)31-3/h5-11H,4,12-13H2,1-3H3,(H,24,29). The van der Waals surface area contributed by atoms with Gasteiger partial charge in [-0.05, 0) is 43.3 Å². The molecule has 33 heavy (non-hydrogen) atoms. The molecule has 0 saturated heterocycles. The van der Waals surface area contributed by atoms with Crippen molar-refractivity contribution in [3.8, 4) is 17.2 Å². The second kappa shape index (κ2) is 11.3. The quantitative estimate of drug-likeness (QED) is 0.353. The van der Waals surface area contributed by atoms with E-state index < -0.39 is 11.8 Å². The monoisotopic (exact) mass is 474 g/mol. The highest BCUT2D eigenvalue weighted by atomic mass is 32.2. The van der Waals surface area contributed by atoms with E-state index in [1.807, 2.05) is 0 Å². The fourth-order valence-electron chi connectivity index (χ4n) is 2.92. The number of ether oxygens (including phenoxy) is 3. The number of thioether (sulfide) groups is 1. The molecule has 3 aromatic rings.